The molecule has 24 heavy (non-hydrogen) atoms. The first-order chi connectivity index (χ1) is 11.8. The number of nitrogens with two attached hydrogens (primary N) is 1. The Bertz CT molecular complexity index is 650. The van der Waals surface area contributed by atoms with Crippen molar-refractivity contribution in [2.45, 2.75) is 25.4 Å². The van der Waals surface area contributed by atoms with Crippen LogP contribution in [-0.2, 0) is 4.74 Å². The molecule has 0 atom stereocenters. The second-order valence-corrected chi connectivity index (χ2v) is 5.86. The number of ether oxygens (including phenoxy) is 1. The molecule has 1 amide bonds. The SMILES string of the molecule is NCCCOC1CCN(C(=O)c2cnn(-c3ccccc3)n2)CC1. The van der Waals surface area contributed by atoms with E-state index >= 15 is 0 Å². The fraction of sp³-hybridized carbons (Fsp3) is 0.471. The molecule has 1 aromatic heterocycles. The summed E-state index contributed by atoms with van der Waals surface area (Å²) in [4.78, 5) is 15.9. The van der Waals surface area contributed by atoms with E-state index in [2.05, 4.69) is 10.2 Å². The molecule has 0 radical (unpaired) electrons. The summed E-state index contributed by atoms with van der Waals surface area (Å²) in [6.07, 6.45) is 4.33. The van der Waals surface area contributed by atoms with Gasteiger partial charge in [0.05, 0.1) is 18.0 Å². The third-order valence-electron chi connectivity index (χ3n) is 4.13. The maximum Gasteiger partial charge on any atom is 0.276 e. The number of hydrogen-bond acceptors (Lipinski definition) is 5. The van der Waals surface area contributed by atoms with Crippen molar-refractivity contribution in [3.8, 4) is 5.69 Å². The Labute approximate surface area is 141 Å². The molecule has 128 valence electrons. The van der Waals surface area contributed by atoms with E-state index in [0.29, 0.717) is 31.9 Å². The minimum absolute atomic E-state index is 0.0717. The number of hydrogen-bond donors (Lipinski definition) is 1. The number of carbonyl (C=O) groups excluding carboxylic acids is 1. The van der Waals surface area contributed by atoms with Crippen LogP contribution >= 0.6 is 0 Å². The molecule has 0 bridgehead atoms. The molecule has 0 spiro atoms. The summed E-state index contributed by atoms with van der Waals surface area (Å²) in [5.74, 6) is -0.0717. The first-order valence-corrected chi connectivity index (χ1v) is 8.36. The van der Waals surface area contributed by atoms with Crippen LogP contribution in [0.3, 0.4) is 0 Å². The summed E-state index contributed by atoms with van der Waals surface area (Å²) in [5.41, 5.74) is 6.68. The Hall–Kier alpha value is -2.25. The van der Waals surface area contributed by atoms with Gasteiger partial charge in [-0.2, -0.15) is 9.90 Å². The van der Waals surface area contributed by atoms with Crippen molar-refractivity contribution in [2.75, 3.05) is 26.2 Å². The van der Waals surface area contributed by atoms with Crippen LogP contribution in [0.25, 0.3) is 5.69 Å². The van der Waals surface area contributed by atoms with E-state index in [1.165, 1.54) is 11.0 Å². The molecule has 0 saturated carbocycles. The average Bonchev–Trinajstić information content (AvgIpc) is 3.13. The van der Waals surface area contributed by atoms with E-state index in [4.69, 9.17) is 10.5 Å². The zero-order valence-electron chi connectivity index (χ0n) is 13.7. The van der Waals surface area contributed by atoms with Crippen LogP contribution in [0.5, 0.6) is 0 Å². The normalized spacial score (nSPS) is 15.6. The van der Waals surface area contributed by atoms with Gasteiger partial charge in [-0.15, -0.1) is 5.10 Å². The van der Waals surface area contributed by atoms with Gasteiger partial charge in [-0.25, -0.2) is 0 Å². The maximum atomic E-state index is 12.6. The zero-order valence-corrected chi connectivity index (χ0v) is 13.7. The Morgan fingerprint density at radius 1 is 1.25 bits per heavy atom. The lowest BCUT2D eigenvalue weighted by atomic mass is 10.1. The highest BCUT2D eigenvalue weighted by molar-refractivity contribution is 5.92. The van der Waals surface area contributed by atoms with Gasteiger partial charge in [0.1, 0.15) is 0 Å². The van der Waals surface area contributed by atoms with Gasteiger partial charge in [0.2, 0.25) is 0 Å². The molecule has 2 aromatic rings. The van der Waals surface area contributed by atoms with Crippen molar-refractivity contribution >= 4 is 5.91 Å². The van der Waals surface area contributed by atoms with E-state index in [9.17, 15) is 4.79 Å². The van der Waals surface area contributed by atoms with Crippen LogP contribution in [-0.4, -0.2) is 58.1 Å². The van der Waals surface area contributed by atoms with Gasteiger partial charge in [-0.1, -0.05) is 18.2 Å². The number of likely N-dealkylation sites (tertiary alicyclic amines) is 1. The lowest BCUT2D eigenvalue weighted by Crippen LogP contribution is -2.41. The summed E-state index contributed by atoms with van der Waals surface area (Å²) < 4.78 is 5.77. The molecule has 2 N–H and O–H groups in total. The molecule has 1 aromatic carbocycles. The quantitative estimate of drug-likeness (QED) is 0.806. The van der Waals surface area contributed by atoms with Crippen molar-refractivity contribution in [1.82, 2.24) is 19.9 Å². The highest BCUT2D eigenvalue weighted by Crippen LogP contribution is 2.16. The summed E-state index contributed by atoms with van der Waals surface area (Å²) in [7, 11) is 0. The van der Waals surface area contributed by atoms with Crippen molar-refractivity contribution in [3.63, 3.8) is 0 Å². The maximum absolute atomic E-state index is 12.6. The Morgan fingerprint density at radius 3 is 2.71 bits per heavy atom. The molecular weight excluding hydrogens is 306 g/mol. The molecule has 1 aliphatic rings. The fourth-order valence-corrected chi connectivity index (χ4v) is 2.77. The van der Waals surface area contributed by atoms with Crippen LogP contribution in [0.4, 0.5) is 0 Å². The molecule has 1 aliphatic heterocycles. The zero-order chi connectivity index (χ0) is 16.8. The fourth-order valence-electron chi connectivity index (χ4n) is 2.77. The lowest BCUT2D eigenvalue weighted by Gasteiger charge is -2.31. The minimum atomic E-state index is -0.0717. The van der Waals surface area contributed by atoms with E-state index < -0.39 is 0 Å². The van der Waals surface area contributed by atoms with E-state index in [0.717, 1.165) is 24.9 Å². The van der Waals surface area contributed by atoms with Crippen LogP contribution in [0.2, 0.25) is 0 Å². The van der Waals surface area contributed by atoms with Crippen LogP contribution in [0, 0.1) is 0 Å². The standard InChI is InChI=1S/C17H23N5O2/c18-9-4-12-24-15-7-10-21(11-8-15)17(23)16-13-19-22(20-16)14-5-2-1-3-6-14/h1-3,5-6,13,15H,4,7-12,18H2. The van der Waals surface area contributed by atoms with E-state index in [1.54, 1.807) is 0 Å². The van der Waals surface area contributed by atoms with Crippen molar-refractivity contribution in [3.05, 3.63) is 42.2 Å². The molecule has 7 nitrogen and oxygen atoms in total. The smallest absolute Gasteiger partial charge is 0.276 e. The molecular formula is C17H23N5O2. The highest BCUT2D eigenvalue weighted by atomic mass is 16.5. The van der Waals surface area contributed by atoms with E-state index in [1.807, 2.05) is 35.2 Å². The van der Waals surface area contributed by atoms with Crippen molar-refractivity contribution in [2.24, 2.45) is 5.73 Å². The van der Waals surface area contributed by atoms with Gasteiger partial charge >= 0.3 is 0 Å². The number of carbonyl (C=O) groups is 1. The number of rotatable bonds is 6. The topological polar surface area (TPSA) is 86.3 Å². The van der Waals surface area contributed by atoms with Gasteiger partial charge in [0.15, 0.2) is 5.69 Å². The summed E-state index contributed by atoms with van der Waals surface area (Å²) in [6.45, 7) is 2.71. The highest BCUT2D eigenvalue weighted by Gasteiger charge is 2.25. The third kappa shape index (κ3) is 3.98. The monoisotopic (exact) mass is 329 g/mol. The third-order valence-corrected chi connectivity index (χ3v) is 4.13. The van der Waals surface area contributed by atoms with E-state index in [-0.39, 0.29) is 12.0 Å². The molecule has 0 aliphatic carbocycles. The molecule has 0 unspecified atom stereocenters. The van der Waals surface area contributed by atoms with Gasteiger partial charge in [0.25, 0.3) is 5.91 Å². The average molecular weight is 329 g/mol. The summed E-state index contributed by atoms with van der Waals surface area (Å²) >= 11 is 0. The van der Waals surface area contributed by atoms with Gasteiger partial charge in [-0.3, -0.25) is 4.79 Å². The van der Waals surface area contributed by atoms with Crippen LogP contribution in [0.15, 0.2) is 36.5 Å². The minimum Gasteiger partial charge on any atom is -0.378 e. The second-order valence-electron chi connectivity index (χ2n) is 5.86. The summed E-state index contributed by atoms with van der Waals surface area (Å²) in [5, 5.41) is 8.49. The molecule has 2 heterocycles. The number of benzene rings is 1. The van der Waals surface area contributed by atoms with Crippen molar-refractivity contribution in [1.29, 1.82) is 0 Å². The predicted octanol–water partition coefficient (Wildman–Crippen LogP) is 1.24. The lowest BCUT2D eigenvalue weighted by molar-refractivity contribution is 0.00828. The Morgan fingerprint density at radius 2 is 2.00 bits per heavy atom. The van der Waals surface area contributed by atoms with Gasteiger partial charge in [0, 0.05) is 19.7 Å². The number of nitrogens with zero attached hydrogens (tertiary/aromatic N) is 4. The Balaban J connectivity index is 1.55. The van der Waals surface area contributed by atoms with Gasteiger partial charge in [-0.05, 0) is 37.9 Å². The molecule has 7 heteroatoms. The predicted molar refractivity (Wildman–Crippen MR) is 89.9 cm³/mol. The number of aromatic nitrogens is 3. The molecule has 1 fully saturated rings. The number of piperidine rings is 1. The van der Waals surface area contributed by atoms with Crippen molar-refractivity contribution < 1.29 is 9.53 Å². The number of amides is 1. The molecule has 3 rings (SSSR count). The first-order valence-electron chi connectivity index (χ1n) is 8.36. The Kier molecular flexibility index (Phi) is 5.55. The van der Waals surface area contributed by atoms with Gasteiger partial charge < -0.3 is 15.4 Å². The molecule has 1 saturated heterocycles. The number of para-hydroxylation sites is 1. The van der Waals surface area contributed by atoms with Crippen LogP contribution < -0.4 is 5.73 Å². The van der Waals surface area contributed by atoms with Crippen LogP contribution in [0.1, 0.15) is 29.8 Å². The summed E-state index contributed by atoms with van der Waals surface area (Å²) in [6, 6.07) is 9.56. The largest absolute Gasteiger partial charge is 0.378 e. The second kappa shape index (κ2) is 8.03. The first kappa shape index (κ1) is 16.6.